The molecule has 1 fully saturated rings. The number of hydrogen-bond donors (Lipinski definition) is 1. The molecular weight excluding hydrogens is 257 g/mol. The van der Waals surface area contributed by atoms with Crippen molar-refractivity contribution in [2.75, 3.05) is 6.54 Å². The summed E-state index contributed by atoms with van der Waals surface area (Å²) in [5.41, 5.74) is 1.04. The summed E-state index contributed by atoms with van der Waals surface area (Å²) in [5, 5.41) is 11.7. The average Bonchev–Trinajstić information content (AvgIpc) is 3.05. The molecule has 0 unspecified atom stereocenters. The van der Waals surface area contributed by atoms with E-state index in [0.717, 1.165) is 37.9 Å². The first-order valence-electron chi connectivity index (χ1n) is 7.84. The van der Waals surface area contributed by atoms with Crippen LogP contribution in [0.3, 0.4) is 0 Å². The Kier molecular flexibility index (Phi) is 4.13. The van der Waals surface area contributed by atoms with E-state index < -0.39 is 5.60 Å². The molecule has 0 spiro atoms. The van der Waals surface area contributed by atoms with Crippen molar-refractivity contribution < 1.29 is 5.11 Å². The molecule has 0 aliphatic carbocycles. The van der Waals surface area contributed by atoms with E-state index in [1.165, 1.54) is 0 Å². The summed E-state index contributed by atoms with van der Waals surface area (Å²) in [6.07, 6.45) is 2.19. The van der Waals surface area contributed by atoms with Crippen LogP contribution in [0.25, 0.3) is 0 Å². The molecule has 1 saturated heterocycles. The van der Waals surface area contributed by atoms with E-state index in [2.05, 4.69) is 11.6 Å². The predicted molar refractivity (Wildman–Crippen MR) is 88.6 cm³/mol. The highest BCUT2D eigenvalue weighted by molar-refractivity contribution is 6.30. The summed E-state index contributed by atoms with van der Waals surface area (Å²) in [4.78, 5) is 2.40. The Balaban J connectivity index is 2.11. The quantitative estimate of drug-likeness (QED) is 0.870. The molecular formula is C18H22BNO. The lowest BCUT2D eigenvalue weighted by molar-refractivity contribution is 0.0200. The van der Waals surface area contributed by atoms with Gasteiger partial charge in [-0.15, -0.1) is 0 Å². The summed E-state index contributed by atoms with van der Waals surface area (Å²) >= 11 is 0. The predicted octanol–water partition coefficient (Wildman–Crippen LogP) is 2.79. The normalized spacial score (nSPS) is 19.6. The zero-order valence-corrected chi connectivity index (χ0v) is 12.6. The number of rotatable bonds is 4. The van der Waals surface area contributed by atoms with Crippen molar-refractivity contribution in [1.82, 2.24) is 4.81 Å². The van der Waals surface area contributed by atoms with Crippen LogP contribution in [0.5, 0.6) is 0 Å². The van der Waals surface area contributed by atoms with Crippen LogP contribution in [0.1, 0.15) is 24.0 Å². The summed E-state index contributed by atoms with van der Waals surface area (Å²) in [6.45, 7) is 3.25. The smallest absolute Gasteiger partial charge is 0.201 e. The summed E-state index contributed by atoms with van der Waals surface area (Å²) < 4.78 is 0. The van der Waals surface area contributed by atoms with Gasteiger partial charge in [0.15, 0.2) is 0 Å². The first kappa shape index (κ1) is 14.4. The maximum absolute atomic E-state index is 11.7. The molecule has 0 amide bonds. The molecule has 3 heteroatoms. The SMILES string of the molecule is CBN1CCC[C@@H]1C(O)(c1ccccc1)c1ccccc1. The highest BCUT2D eigenvalue weighted by Crippen LogP contribution is 2.39. The van der Waals surface area contributed by atoms with E-state index >= 15 is 0 Å². The Bertz CT molecular complexity index is 533. The molecule has 1 aliphatic heterocycles. The van der Waals surface area contributed by atoms with E-state index in [0.29, 0.717) is 0 Å². The second-order valence-corrected chi connectivity index (χ2v) is 5.79. The number of hydrogen-bond acceptors (Lipinski definition) is 2. The van der Waals surface area contributed by atoms with Crippen LogP contribution in [0, 0.1) is 0 Å². The Morgan fingerprint density at radius 1 is 1.00 bits per heavy atom. The standard InChI is InChI=1S/C18H22BNO/c1-19-20-14-8-13-17(20)18(21,15-9-4-2-5-10-15)16-11-6-3-7-12-16/h2-7,9-12,17,19,21H,8,13-14H2,1H3/t17-/m1/s1. The minimum atomic E-state index is -0.935. The molecule has 1 N–H and O–H groups in total. The maximum atomic E-state index is 11.7. The van der Waals surface area contributed by atoms with Gasteiger partial charge in [0.2, 0.25) is 7.41 Å². The lowest BCUT2D eigenvalue weighted by Gasteiger charge is -2.40. The zero-order chi connectivity index (χ0) is 14.7. The van der Waals surface area contributed by atoms with Crippen LogP contribution in [0.4, 0.5) is 0 Å². The monoisotopic (exact) mass is 279 g/mol. The highest BCUT2D eigenvalue weighted by atomic mass is 16.3. The van der Waals surface area contributed by atoms with Gasteiger partial charge in [-0.3, -0.25) is 0 Å². The fourth-order valence-electron chi connectivity index (χ4n) is 3.61. The van der Waals surface area contributed by atoms with Crippen molar-refractivity contribution in [1.29, 1.82) is 0 Å². The van der Waals surface area contributed by atoms with Gasteiger partial charge in [-0.1, -0.05) is 67.5 Å². The average molecular weight is 279 g/mol. The Hall–Kier alpha value is -1.58. The molecule has 1 aliphatic rings. The molecule has 108 valence electrons. The highest BCUT2D eigenvalue weighted by Gasteiger charge is 2.44. The molecule has 0 saturated carbocycles. The van der Waals surface area contributed by atoms with E-state index in [1.54, 1.807) is 0 Å². The van der Waals surface area contributed by atoms with E-state index in [-0.39, 0.29) is 6.04 Å². The van der Waals surface area contributed by atoms with Crippen LogP contribution in [0.2, 0.25) is 6.82 Å². The molecule has 2 nitrogen and oxygen atoms in total. The van der Waals surface area contributed by atoms with Crippen molar-refractivity contribution in [3.8, 4) is 0 Å². The van der Waals surface area contributed by atoms with Gasteiger partial charge >= 0.3 is 0 Å². The second-order valence-electron chi connectivity index (χ2n) is 5.79. The molecule has 3 rings (SSSR count). The van der Waals surface area contributed by atoms with Crippen molar-refractivity contribution in [3.05, 3.63) is 71.8 Å². The second kappa shape index (κ2) is 6.04. The molecule has 2 aromatic rings. The Morgan fingerprint density at radius 3 is 2.00 bits per heavy atom. The van der Waals surface area contributed by atoms with Crippen molar-refractivity contribution in [2.45, 2.75) is 31.3 Å². The van der Waals surface area contributed by atoms with E-state index in [1.807, 2.05) is 60.7 Å². The van der Waals surface area contributed by atoms with Crippen LogP contribution in [-0.2, 0) is 5.60 Å². The molecule has 1 heterocycles. The molecule has 21 heavy (non-hydrogen) atoms. The van der Waals surface area contributed by atoms with Crippen LogP contribution in [0.15, 0.2) is 60.7 Å². The van der Waals surface area contributed by atoms with Crippen LogP contribution in [-0.4, -0.2) is 29.9 Å². The Labute approximate surface area is 127 Å². The van der Waals surface area contributed by atoms with Gasteiger partial charge in [0, 0.05) is 6.04 Å². The lowest BCUT2D eigenvalue weighted by atomic mass is 9.77. The topological polar surface area (TPSA) is 23.5 Å². The third-order valence-corrected chi connectivity index (χ3v) is 4.68. The van der Waals surface area contributed by atoms with Gasteiger partial charge in [-0.05, 0) is 30.5 Å². The van der Waals surface area contributed by atoms with Crippen LogP contribution < -0.4 is 0 Å². The van der Waals surface area contributed by atoms with Gasteiger partial charge in [0.05, 0.1) is 0 Å². The lowest BCUT2D eigenvalue weighted by Crippen LogP contribution is -2.49. The maximum Gasteiger partial charge on any atom is 0.201 e. The van der Waals surface area contributed by atoms with E-state index in [4.69, 9.17) is 0 Å². The van der Waals surface area contributed by atoms with Crippen LogP contribution >= 0.6 is 0 Å². The largest absolute Gasteiger partial charge is 0.379 e. The zero-order valence-electron chi connectivity index (χ0n) is 12.6. The van der Waals surface area contributed by atoms with Gasteiger partial charge < -0.3 is 9.92 Å². The molecule has 0 bridgehead atoms. The minimum Gasteiger partial charge on any atom is -0.379 e. The molecule has 1 atom stereocenters. The van der Waals surface area contributed by atoms with Gasteiger partial charge in [-0.2, -0.15) is 0 Å². The first-order valence-corrected chi connectivity index (χ1v) is 7.84. The minimum absolute atomic E-state index is 0.146. The van der Waals surface area contributed by atoms with Crippen molar-refractivity contribution in [2.24, 2.45) is 0 Å². The number of aliphatic hydroxyl groups is 1. The summed E-state index contributed by atoms with van der Waals surface area (Å²) in [5.74, 6) is 0. The number of nitrogens with zero attached hydrogens (tertiary/aromatic N) is 1. The Morgan fingerprint density at radius 2 is 1.52 bits per heavy atom. The first-order chi connectivity index (χ1) is 10.3. The molecule has 0 aromatic heterocycles. The third kappa shape index (κ3) is 2.52. The van der Waals surface area contributed by atoms with Gasteiger partial charge in [0.1, 0.15) is 5.60 Å². The summed E-state index contributed by atoms with van der Waals surface area (Å²) in [7, 11) is 0.979. The molecule has 2 aromatic carbocycles. The number of benzene rings is 2. The summed E-state index contributed by atoms with van der Waals surface area (Å²) in [6, 6.07) is 20.3. The van der Waals surface area contributed by atoms with Gasteiger partial charge in [-0.25, -0.2) is 0 Å². The van der Waals surface area contributed by atoms with E-state index in [9.17, 15) is 5.11 Å². The molecule has 0 radical (unpaired) electrons. The fourth-order valence-corrected chi connectivity index (χ4v) is 3.61. The van der Waals surface area contributed by atoms with Crippen molar-refractivity contribution >= 4 is 7.41 Å². The fraction of sp³-hybridized carbons (Fsp3) is 0.333. The van der Waals surface area contributed by atoms with Crippen molar-refractivity contribution in [3.63, 3.8) is 0 Å². The third-order valence-electron chi connectivity index (χ3n) is 4.68. The van der Waals surface area contributed by atoms with Gasteiger partial charge in [0.25, 0.3) is 0 Å².